The van der Waals surface area contributed by atoms with E-state index in [1.807, 2.05) is 6.07 Å². The molecule has 226 valence electrons. The van der Waals surface area contributed by atoms with Crippen LogP contribution in [0.5, 0.6) is 5.75 Å². The molecule has 0 aliphatic rings. The molecule has 39 heavy (non-hydrogen) atoms. The third-order valence-corrected chi connectivity index (χ3v) is 7.20. The van der Waals surface area contributed by atoms with Crippen molar-refractivity contribution in [3.63, 3.8) is 0 Å². The molecule has 0 amide bonds. The van der Waals surface area contributed by atoms with Crippen LogP contribution in [-0.4, -0.2) is 149 Å². The van der Waals surface area contributed by atoms with Gasteiger partial charge < -0.3 is 55.8 Å². The van der Waals surface area contributed by atoms with E-state index in [4.69, 9.17) is 14.9 Å². The van der Waals surface area contributed by atoms with Crippen LogP contribution in [0.2, 0.25) is 0 Å². The number of hydrogen-bond acceptors (Lipinski definition) is 15. The molecule has 0 radical (unpaired) electrons. The van der Waals surface area contributed by atoms with Gasteiger partial charge in [-0.2, -0.15) is 12.6 Å². The molecule has 8 atom stereocenters. The molecule has 0 saturated carbocycles. The highest BCUT2D eigenvalue weighted by atomic mass is 32.2. The summed E-state index contributed by atoms with van der Waals surface area (Å²) in [5.41, 5.74) is 1.61. The molecule has 1 rings (SSSR count). The SMILES string of the molecule is CC(=O)SCc1cccc(OCCN(C[C@@H](O)[C@@H](O)[C@H](O)[C@H](O)CO)C[C@@H](O)[C@@H](O)[C@H](O)[C@H](O)CO)c1CS. The van der Waals surface area contributed by atoms with Gasteiger partial charge in [0.15, 0.2) is 5.12 Å². The van der Waals surface area contributed by atoms with E-state index in [0.717, 1.165) is 22.9 Å². The van der Waals surface area contributed by atoms with Crippen molar-refractivity contribution in [2.45, 2.75) is 67.3 Å². The summed E-state index contributed by atoms with van der Waals surface area (Å²) in [6, 6.07) is 5.29. The largest absolute Gasteiger partial charge is 0.492 e. The molecule has 13 nitrogen and oxygen atoms in total. The Morgan fingerprint density at radius 3 is 1.79 bits per heavy atom. The molecule has 0 spiro atoms. The molecule has 0 aliphatic heterocycles. The van der Waals surface area contributed by atoms with Crippen LogP contribution in [0.3, 0.4) is 0 Å². The van der Waals surface area contributed by atoms with Crippen LogP contribution in [0.4, 0.5) is 0 Å². The number of carbonyl (C=O) groups excluding carboxylic acids is 1. The van der Waals surface area contributed by atoms with Crippen LogP contribution in [0.15, 0.2) is 18.2 Å². The lowest BCUT2D eigenvalue weighted by molar-refractivity contribution is -0.130. The van der Waals surface area contributed by atoms with Crippen molar-refractivity contribution in [1.29, 1.82) is 0 Å². The Hall–Kier alpha value is -1.05. The molecule has 0 aromatic heterocycles. The van der Waals surface area contributed by atoms with Crippen molar-refractivity contribution in [3.05, 3.63) is 29.3 Å². The maximum Gasteiger partial charge on any atom is 0.186 e. The molecule has 15 heteroatoms. The van der Waals surface area contributed by atoms with Gasteiger partial charge in [-0.25, -0.2) is 0 Å². The van der Waals surface area contributed by atoms with E-state index in [1.54, 1.807) is 12.1 Å². The number of benzene rings is 1. The van der Waals surface area contributed by atoms with Gasteiger partial charge >= 0.3 is 0 Å². The molecule has 0 heterocycles. The van der Waals surface area contributed by atoms with E-state index in [1.165, 1.54) is 11.8 Å². The summed E-state index contributed by atoms with van der Waals surface area (Å²) in [7, 11) is 0. The molecular formula is C24H41NO12S2. The van der Waals surface area contributed by atoms with Crippen LogP contribution in [0.25, 0.3) is 0 Å². The predicted molar refractivity (Wildman–Crippen MR) is 145 cm³/mol. The molecule has 0 fully saturated rings. The van der Waals surface area contributed by atoms with Gasteiger partial charge in [0.05, 0.1) is 25.4 Å². The molecule has 10 N–H and O–H groups in total. The third-order valence-electron chi connectivity index (χ3n) is 6.03. The number of rotatable bonds is 19. The Morgan fingerprint density at radius 1 is 0.872 bits per heavy atom. The number of ether oxygens (including phenoxy) is 1. The van der Waals surface area contributed by atoms with E-state index >= 15 is 0 Å². The minimum Gasteiger partial charge on any atom is -0.492 e. The van der Waals surface area contributed by atoms with Crippen molar-refractivity contribution in [3.8, 4) is 5.75 Å². The number of aliphatic hydroxyl groups excluding tert-OH is 10. The van der Waals surface area contributed by atoms with Gasteiger partial charge in [0.25, 0.3) is 0 Å². The van der Waals surface area contributed by atoms with Gasteiger partial charge in [0, 0.05) is 43.6 Å². The third kappa shape index (κ3) is 11.8. The van der Waals surface area contributed by atoms with Gasteiger partial charge in [-0.3, -0.25) is 9.69 Å². The zero-order valence-electron chi connectivity index (χ0n) is 21.6. The molecule has 0 unspecified atom stereocenters. The summed E-state index contributed by atoms with van der Waals surface area (Å²) in [6.45, 7) is -1.12. The molecule has 1 aromatic rings. The lowest BCUT2D eigenvalue weighted by Crippen LogP contribution is -2.53. The fraction of sp³-hybridized carbons (Fsp3) is 0.708. The average Bonchev–Trinajstić information content (AvgIpc) is 2.92. The van der Waals surface area contributed by atoms with Crippen molar-refractivity contribution >= 4 is 29.5 Å². The molecule has 0 aliphatic carbocycles. The molecule has 1 aromatic carbocycles. The van der Waals surface area contributed by atoms with Crippen LogP contribution < -0.4 is 4.74 Å². The van der Waals surface area contributed by atoms with Gasteiger partial charge in [-0.05, 0) is 11.6 Å². The highest BCUT2D eigenvalue weighted by molar-refractivity contribution is 8.12. The number of carbonyl (C=O) groups is 1. The van der Waals surface area contributed by atoms with E-state index in [0.29, 0.717) is 17.3 Å². The summed E-state index contributed by atoms with van der Waals surface area (Å²) in [4.78, 5) is 12.7. The first kappa shape index (κ1) is 36.0. The van der Waals surface area contributed by atoms with Crippen molar-refractivity contribution in [1.82, 2.24) is 4.90 Å². The summed E-state index contributed by atoms with van der Waals surface area (Å²) >= 11 is 5.48. The zero-order chi connectivity index (χ0) is 29.7. The second-order valence-electron chi connectivity index (χ2n) is 9.04. The highest BCUT2D eigenvalue weighted by Gasteiger charge is 2.34. The van der Waals surface area contributed by atoms with Gasteiger partial charge in [0.2, 0.25) is 0 Å². The second-order valence-corrected chi connectivity index (χ2v) is 10.5. The van der Waals surface area contributed by atoms with Crippen molar-refractivity contribution < 1.29 is 60.6 Å². The maximum absolute atomic E-state index is 11.4. The summed E-state index contributed by atoms with van der Waals surface area (Å²) in [5, 5.41) is 98.2. The predicted octanol–water partition coefficient (Wildman–Crippen LogP) is -3.55. The smallest absolute Gasteiger partial charge is 0.186 e. The summed E-state index contributed by atoms with van der Waals surface area (Å²) in [5.74, 6) is 1.22. The second kappa shape index (κ2) is 18.4. The fourth-order valence-corrected chi connectivity index (χ4v) is 4.64. The Bertz CT molecular complexity index is 823. The molecule has 0 saturated heterocycles. The first-order chi connectivity index (χ1) is 18.4. The zero-order valence-corrected chi connectivity index (χ0v) is 23.3. The van der Waals surface area contributed by atoms with Crippen molar-refractivity contribution in [2.75, 3.05) is 39.5 Å². The van der Waals surface area contributed by atoms with Gasteiger partial charge in [-0.1, -0.05) is 23.9 Å². The van der Waals surface area contributed by atoms with Crippen LogP contribution in [0, 0.1) is 0 Å². The number of aliphatic hydroxyl groups is 10. The maximum atomic E-state index is 11.4. The van der Waals surface area contributed by atoms with E-state index in [-0.39, 0.29) is 18.3 Å². The van der Waals surface area contributed by atoms with Crippen LogP contribution in [-0.2, 0) is 16.3 Å². The average molecular weight is 600 g/mol. The number of nitrogens with zero attached hydrogens (tertiary/aromatic N) is 1. The lowest BCUT2D eigenvalue weighted by atomic mass is 10.0. The highest BCUT2D eigenvalue weighted by Crippen LogP contribution is 2.27. The van der Waals surface area contributed by atoms with Crippen LogP contribution >= 0.6 is 24.4 Å². The number of hydrogen-bond donors (Lipinski definition) is 11. The molecular weight excluding hydrogens is 558 g/mol. The van der Waals surface area contributed by atoms with E-state index in [9.17, 15) is 45.6 Å². The van der Waals surface area contributed by atoms with E-state index in [2.05, 4.69) is 12.6 Å². The minimum atomic E-state index is -1.88. The van der Waals surface area contributed by atoms with E-state index < -0.39 is 75.1 Å². The van der Waals surface area contributed by atoms with Gasteiger partial charge in [-0.15, -0.1) is 0 Å². The Morgan fingerprint density at radius 2 is 1.36 bits per heavy atom. The fourth-order valence-electron chi connectivity index (χ4n) is 3.65. The summed E-state index contributed by atoms with van der Waals surface area (Å²) < 4.78 is 5.88. The molecule has 0 bridgehead atoms. The Balaban J connectivity index is 3.00. The number of thioether (sulfide) groups is 1. The van der Waals surface area contributed by atoms with Crippen LogP contribution in [0.1, 0.15) is 18.1 Å². The van der Waals surface area contributed by atoms with Crippen molar-refractivity contribution in [2.24, 2.45) is 0 Å². The monoisotopic (exact) mass is 599 g/mol. The first-order valence-electron chi connectivity index (χ1n) is 12.2. The quantitative estimate of drug-likeness (QED) is 0.0692. The summed E-state index contributed by atoms with van der Waals surface area (Å²) in [6.07, 6.45) is -14.3. The standard InChI is InChI=1S/C24H41NO12S2/c1-13(28)39-12-14-3-2-4-20(15(14)11-38)37-6-5-25(7-16(29)21(33)23(35)18(31)9-26)8-17(30)22(34)24(36)19(32)10-27/h2-4,16-19,21-24,26-27,29-36,38H,5-12H2,1H3/t16-,17-,18-,19-,21-,22-,23-,24-/m1/s1. The Labute approximate surface area is 236 Å². The first-order valence-corrected chi connectivity index (χ1v) is 13.9. The van der Waals surface area contributed by atoms with Gasteiger partial charge in [0.1, 0.15) is 49.0 Å². The lowest BCUT2D eigenvalue weighted by Gasteiger charge is -2.33. The Kier molecular flexibility index (Phi) is 17.0. The number of thiol groups is 1. The topological polar surface area (TPSA) is 232 Å². The normalized spacial score (nSPS) is 18.2. The minimum absolute atomic E-state index is 0.0106.